The average molecular weight is 269 g/mol. The van der Waals surface area contributed by atoms with Crippen molar-refractivity contribution in [2.45, 2.75) is 39.8 Å². The summed E-state index contributed by atoms with van der Waals surface area (Å²) in [5.74, 6) is 2.16. The minimum atomic E-state index is -0.0393. The number of carbonyl (C=O) groups excluding carboxylic acids is 1. The largest absolute Gasteiger partial charge is 0.397 e. The molecule has 1 rings (SSSR count). The van der Waals surface area contributed by atoms with Crippen LogP contribution in [-0.2, 0) is 6.54 Å². The molecule has 1 unspecified atom stereocenters. The highest BCUT2D eigenvalue weighted by atomic mass is 32.2. The Balaban J connectivity index is 2.53. The number of carbonyl (C=O) groups is 1. The fourth-order valence-electron chi connectivity index (χ4n) is 1.76. The Morgan fingerprint density at radius 3 is 2.89 bits per heavy atom. The molecule has 4 nitrogen and oxygen atoms in total. The summed E-state index contributed by atoms with van der Waals surface area (Å²) in [6, 6.07) is 1.92. The van der Waals surface area contributed by atoms with Crippen LogP contribution in [0.15, 0.2) is 12.3 Å². The van der Waals surface area contributed by atoms with Crippen molar-refractivity contribution in [1.82, 2.24) is 9.88 Å². The van der Waals surface area contributed by atoms with Crippen LogP contribution < -0.4 is 11.1 Å². The second-order valence-corrected chi connectivity index (χ2v) is 5.70. The molecule has 1 amide bonds. The van der Waals surface area contributed by atoms with E-state index in [4.69, 9.17) is 5.73 Å². The fourth-order valence-corrected chi connectivity index (χ4v) is 2.57. The maximum absolute atomic E-state index is 12.1. The van der Waals surface area contributed by atoms with Crippen LogP contribution in [0.1, 0.15) is 37.7 Å². The number of nitrogens with two attached hydrogens (primary N) is 1. The van der Waals surface area contributed by atoms with Crippen molar-refractivity contribution in [3.05, 3.63) is 18.0 Å². The Labute approximate surface area is 113 Å². The van der Waals surface area contributed by atoms with Crippen LogP contribution in [0.4, 0.5) is 5.69 Å². The summed E-state index contributed by atoms with van der Waals surface area (Å²) in [7, 11) is 0. The summed E-state index contributed by atoms with van der Waals surface area (Å²) in [5.41, 5.74) is 7.00. The van der Waals surface area contributed by atoms with Crippen molar-refractivity contribution >= 4 is 23.4 Å². The molecule has 102 valence electrons. The predicted molar refractivity (Wildman–Crippen MR) is 79.1 cm³/mol. The number of nitrogens with zero attached hydrogens (tertiary/aromatic N) is 1. The lowest BCUT2D eigenvalue weighted by atomic mass is 10.2. The Hall–Kier alpha value is -1.10. The predicted octanol–water partition coefficient (Wildman–Crippen LogP) is 2.35. The number of rotatable bonds is 7. The highest BCUT2D eigenvalue weighted by Crippen LogP contribution is 2.11. The van der Waals surface area contributed by atoms with Crippen LogP contribution in [0.3, 0.4) is 0 Å². The first-order valence-corrected chi connectivity index (χ1v) is 7.58. The monoisotopic (exact) mass is 269 g/mol. The molecule has 0 bridgehead atoms. The molecular formula is C13H23N3OS. The van der Waals surface area contributed by atoms with Gasteiger partial charge in [-0.1, -0.05) is 6.92 Å². The molecule has 0 aliphatic heterocycles. The molecule has 0 saturated carbocycles. The van der Waals surface area contributed by atoms with Gasteiger partial charge in [-0.05, 0) is 37.8 Å². The van der Waals surface area contributed by atoms with Gasteiger partial charge in [-0.3, -0.25) is 4.79 Å². The Kier molecular flexibility index (Phi) is 6.12. The molecular weight excluding hydrogens is 246 g/mol. The third-order valence-electron chi connectivity index (χ3n) is 2.77. The number of hydrogen-bond donors (Lipinski definition) is 2. The Morgan fingerprint density at radius 2 is 2.28 bits per heavy atom. The van der Waals surface area contributed by atoms with Crippen LogP contribution in [0.2, 0.25) is 0 Å². The van der Waals surface area contributed by atoms with E-state index in [9.17, 15) is 4.79 Å². The van der Waals surface area contributed by atoms with E-state index in [-0.39, 0.29) is 11.9 Å². The third kappa shape index (κ3) is 4.29. The maximum Gasteiger partial charge on any atom is 0.268 e. The molecule has 18 heavy (non-hydrogen) atoms. The van der Waals surface area contributed by atoms with Crippen molar-refractivity contribution in [1.29, 1.82) is 0 Å². The number of thioether (sulfide) groups is 1. The number of anilines is 1. The highest BCUT2D eigenvalue weighted by molar-refractivity contribution is 7.99. The van der Waals surface area contributed by atoms with Crippen LogP contribution >= 0.6 is 11.8 Å². The highest BCUT2D eigenvalue weighted by Gasteiger charge is 2.14. The summed E-state index contributed by atoms with van der Waals surface area (Å²) in [5, 5.41) is 3.01. The number of aryl methyl sites for hydroxylation is 1. The molecule has 1 heterocycles. The van der Waals surface area contributed by atoms with E-state index in [1.54, 1.807) is 12.3 Å². The molecule has 1 aromatic rings. The number of aromatic nitrogens is 1. The van der Waals surface area contributed by atoms with Gasteiger partial charge in [-0.2, -0.15) is 11.8 Å². The first-order chi connectivity index (χ1) is 8.58. The van der Waals surface area contributed by atoms with Gasteiger partial charge in [0, 0.05) is 18.8 Å². The van der Waals surface area contributed by atoms with Gasteiger partial charge >= 0.3 is 0 Å². The molecule has 0 saturated heterocycles. The lowest BCUT2D eigenvalue weighted by Gasteiger charge is -2.14. The summed E-state index contributed by atoms with van der Waals surface area (Å²) in [6.45, 7) is 6.93. The van der Waals surface area contributed by atoms with Gasteiger partial charge in [0.15, 0.2) is 0 Å². The molecule has 0 fully saturated rings. The zero-order chi connectivity index (χ0) is 13.5. The van der Waals surface area contributed by atoms with Gasteiger partial charge in [0.2, 0.25) is 0 Å². The lowest BCUT2D eigenvalue weighted by molar-refractivity contribution is 0.0930. The van der Waals surface area contributed by atoms with Gasteiger partial charge < -0.3 is 15.6 Å². The first-order valence-electron chi connectivity index (χ1n) is 6.42. The van der Waals surface area contributed by atoms with Crippen molar-refractivity contribution < 1.29 is 4.79 Å². The third-order valence-corrected chi connectivity index (χ3v) is 3.70. The van der Waals surface area contributed by atoms with Gasteiger partial charge in [0.05, 0.1) is 5.69 Å². The first kappa shape index (κ1) is 15.0. The Bertz CT molecular complexity index is 390. The van der Waals surface area contributed by atoms with E-state index in [0.29, 0.717) is 11.4 Å². The minimum absolute atomic E-state index is 0.0393. The molecule has 1 atom stereocenters. The van der Waals surface area contributed by atoms with E-state index in [2.05, 4.69) is 12.2 Å². The van der Waals surface area contributed by atoms with E-state index >= 15 is 0 Å². The SMILES string of the molecule is CCSCCC(C)NC(=O)c1cc(N)cn1CC. The van der Waals surface area contributed by atoms with Crippen molar-refractivity contribution in [3.63, 3.8) is 0 Å². The topological polar surface area (TPSA) is 60.1 Å². The zero-order valence-corrected chi connectivity index (χ0v) is 12.2. The smallest absolute Gasteiger partial charge is 0.268 e. The van der Waals surface area contributed by atoms with E-state index < -0.39 is 0 Å². The number of nitrogens with one attached hydrogen (secondary N) is 1. The van der Waals surface area contributed by atoms with Crippen molar-refractivity contribution in [2.24, 2.45) is 0 Å². The van der Waals surface area contributed by atoms with Crippen LogP contribution in [0, 0.1) is 0 Å². The second kappa shape index (κ2) is 7.36. The maximum atomic E-state index is 12.1. The van der Waals surface area contributed by atoms with Crippen molar-refractivity contribution in [3.8, 4) is 0 Å². The van der Waals surface area contributed by atoms with E-state index in [0.717, 1.165) is 24.5 Å². The summed E-state index contributed by atoms with van der Waals surface area (Å²) in [4.78, 5) is 12.1. The van der Waals surface area contributed by atoms with Gasteiger partial charge in [-0.15, -0.1) is 0 Å². The van der Waals surface area contributed by atoms with Crippen LogP contribution in [-0.4, -0.2) is 28.0 Å². The number of hydrogen-bond acceptors (Lipinski definition) is 3. The second-order valence-electron chi connectivity index (χ2n) is 4.30. The summed E-state index contributed by atoms with van der Waals surface area (Å²) < 4.78 is 1.87. The molecule has 0 spiro atoms. The van der Waals surface area contributed by atoms with Gasteiger partial charge in [0.25, 0.3) is 5.91 Å². The molecule has 5 heteroatoms. The quantitative estimate of drug-likeness (QED) is 0.747. The fraction of sp³-hybridized carbons (Fsp3) is 0.615. The molecule has 0 aliphatic carbocycles. The average Bonchev–Trinajstić information content (AvgIpc) is 2.71. The molecule has 1 aromatic heterocycles. The standard InChI is InChI=1S/C13H23N3OS/c1-4-16-9-11(14)8-12(16)13(17)15-10(3)6-7-18-5-2/h8-10H,4-7,14H2,1-3H3,(H,15,17). The minimum Gasteiger partial charge on any atom is -0.397 e. The Morgan fingerprint density at radius 1 is 1.56 bits per heavy atom. The van der Waals surface area contributed by atoms with Gasteiger partial charge in [0.1, 0.15) is 5.69 Å². The number of nitrogen functional groups attached to an aromatic ring is 1. The summed E-state index contributed by atoms with van der Waals surface area (Å²) in [6.07, 6.45) is 2.79. The lowest BCUT2D eigenvalue weighted by Crippen LogP contribution is -2.34. The molecule has 0 aliphatic rings. The number of amides is 1. The van der Waals surface area contributed by atoms with Crippen LogP contribution in [0.25, 0.3) is 0 Å². The summed E-state index contributed by atoms with van der Waals surface area (Å²) >= 11 is 1.89. The molecule has 3 N–H and O–H groups in total. The van der Waals surface area contributed by atoms with Crippen LogP contribution in [0.5, 0.6) is 0 Å². The zero-order valence-electron chi connectivity index (χ0n) is 11.4. The van der Waals surface area contributed by atoms with Crippen molar-refractivity contribution in [2.75, 3.05) is 17.2 Å². The van der Waals surface area contributed by atoms with Gasteiger partial charge in [-0.25, -0.2) is 0 Å². The van der Waals surface area contributed by atoms with E-state index in [1.807, 2.05) is 30.2 Å². The normalized spacial score (nSPS) is 12.4. The molecule has 0 aromatic carbocycles. The van der Waals surface area contributed by atoms with E-state index in [1.165, 1.54) is 0 Å². The molecule has 0 radical (unpaired) electrons.